The van der Waals surface area contributed by atoms with Crippen LogP contribution in [-0.2, 0) is 23.4 Å². The van der Waals surface area contributed by atoms with Crippen molar-refractivity contribution in [3.8, 4) is 0 Å². The Balaban J connectivity index is 1.57. The minimum atomic E-state index is -1.76. The lowest BCUT2D eigenvalue weighted by atomic mass is 9.87. The molecule has 2 N–H and O–H groups in total. The summed E-state index contributed by atoms with van der Waals surface area (Å²) in [5.74, 6) is -0.392. The van der Waals surface area contributed by atoms with E-state index in [0.29, 0.717) is 23.4 Å². The van der Waals surface area contributed by atoms with Crippen LogP contribution in [0.15, 0.2) is 78.9 Å². The lowest BCUT2D eigenvalue weighted by molar-refractivity contribution is -0.139. The zero-order valence-corrected chi connectivity index (χ0v) is 17.9. The first-order chi connectivity index (χ1) is 15.0. The maximum absolute atomic E-state index is 13.4. The molecule has 0 saturated heterocycles. The summed E-state index contributed by atoms with van der Waals surface area (Å²) in [5.41, 5.74) is 2.41. The van der Waals surface area contributed by atoms with Crippen LogP contribution in [0.5, 0.6) is 0 Å². The van der Waals surface area contributed by atoms with Crippen molar-refractivity contribution < 1.29 is 15.0 Å². The summed E-state index contributed by atoms with van der Waals surface area (Å²) in [6.45, 7) is 2.54. The van der Waals surface area contributed by atoms with E-state index in [1.165, 1.54) is 5.56 Å². The molecule has 0 aromatic heterocycles. The highest BCUT2D eigenvalue weighted by molar-refractivity contribution is 6.06. The molecule has 2 unspecified atom stereocenters. The van der Waals surface area contributed by atoms with Crippen LogP contribution >= 0.6 is 0 Å². The van der Waals surface area contributed by atoms with Crippen LogP contribution in [0, 0.1) is 0 Å². The third kappa shape index (κ3) is 4.27. The molecule has 4 rings (SSSR count). The lowest BCUT2D eigenvalue weighted by Gasteiger charge is -2.26. The molecule has 160 valence electrons. The average Bonchev–Trinajstić information content (AvgIpc) is 3.00. The number of nitrogens with zero attached hydrogens (tertiary/aromatic N) is 1. The first kappa shape index (κ1) is 21.3. The van der Waals surface area contributed by atoms with Crippen LogP contribution < -0.4 is 4.90 Å². The Morgan fingerprint density at radius 3 is 2.29 bits per heavy atom. The monoisotopic (exact) mass is 415 g/mol. The molecular formula is C27H29NO3. The second-order valence-corrected chi connectivity index (χ2v) is 8.32. The highest BCUT2D eigenvalue weighted by Crippen LogP contribution is 2.45. The van der Waals surface area contributed by atoms with E-state index < -0.39 is 17.6 Å². The number of carbonyl (C=O) groups excluding carboxylic acids is 1. The maximum atomic E-state index is 13.4. The summed E-state index contributed by atoms with van der Waals surface area (Å²) in [7, 11) is 0. The molecule has 0 fully saturated rings. The Labute approximate surface area is 183 Å². The quantitative estimate of drug-likeness (QED) is 0.551. The van der Waals surface area contributed by atoms with E-state index in [4.69, 9.17) is 0 Å². The highest BCUT2D eigenvalue weighted by Gasteiger charge is 2.50. The van der Waals surface area contributed by atoms with E-state index in [-0.39, 0.29) is 6.42 Å². The van der Waals surface area contributed by atoms with Gasteiger partial charge in [0.15, 0.2) is 5.60 Å². The van der Waals surface area contributed by atoms with Gasteiger partial charge in [0.25, 0.3) is 5.91 Å². The van der Waals surface area contributed by atoms with Crippen molar-refractivity contribution in [2.75, 3.05) is 4.90 Å². The fourth-order valence-electron chi connectivity index (χ4n) is 4.31. The van der Waals surface area contributed by atoms with Crippen LogP contribution in [0.25, 0.3) is 0 Å². The highest BCUT2D eigenvalue weighted by atomic mass is 16.3. The van der Waals surface area contributed by atoms with Gasteiger partial charge in [-0.1, -0.05) is 86.1 Å². The molecule has 1 aliphatic heterocycles. The van der Waals surface area contributed by atoms with Crippen molar-refractivity contribution in [1.82, 2.24) is 0 Å². The fraction of sp³-hybridized carbons (Fsp3) is 0.296. The molecule has 0 spiro atoms. The van der Waals surface area contributed by atoms with Crippen LogP contribution in [-0.4, -0.2) is 16.1 Å². The summed E-state index contributed by atoms with van der Waals surface area (Å²) in [6.07, 6.45) is 2.25. The molecule has 31 heavy (non-hydrogen) atoms. The summed E-state index contributed by atoms with van der Waals surface area (Å²) in [6, 6.07) is 24.9. The van der Waals surface area contributed by atoms with Gasteiger partial charge in [-0.05, 0) is 35.6 Å². The van der Waals surface area contributed by atoms with Crippen molar-refractivity contribution in [1.29, 1.82) is 0 Å². The van der Waals surface area contributed by atoms with Gasteiger partial charge in [0, 0.05) is 12.0 Å². The van der Waals surface area contributed by atoms with Gasteiger partial charge in [-0.3, -0.25) is 4.79 Å². The molecule has 3 aromatic rings. The Morgan fingerprint density at radius 1 is 0.903 bits per heavy atom. The second kappa shape index (κ2) is 9.04. The maximum Gasteiger partial charge on any atom is 0.264 e. The Kier molecular flexibility index (Phi) is 6.21. The zero-order valence-electron chi connectivity index (χ0n) is 17.9. The fourth-order valence-corrected chi connectivity index (χ4v) is 4.31. The molecule has 4 nitrogen and oxygen atoms in total. The number of anilines is 1. The molecule has 1 aliphatic rings. The van der Waals surface area contributed by atoms with E-state index in [1.807, 2.05) is 72.8 Å². The summed E-state index contributed by atoms with van der Waals surface area (Å²) in [4.78, 5) is 15.0. The molecular weight excluding hydrogens is 386 g/mol. The topological polar surface area (TPSA) is 60.8 Å². The largest absolute Gasteiger partial charge is 0.388 e. The average molecular weight is 416 g/mol. The number of aryl methyl sites for hydroxylation is 1. The molecule has 1 amide bonds. The molecule has 0 radical (unpaired) electrons. The number of benzene rings is 3. The Morgan fingerprint density at radius 2 is 1.58 bits per heavy atom. The van der Waals surface area contributed by atoms with Gasteiger partial charge >= 0.3 is 0 Å². The van der Waals surface area contributed by atoms with Gasteiger partial charge in [0.1, 0.15) is 0 Å². The number of fused-ring (bicyclic) bond motifs is 1. The first-order valence-electron chi connectivity index (χ1n) is 11.0. The Bertz CT molecular complexity index is 1030. The van der Waals surface area contributed by atoms with Crippen molar-refractivity contribution in [2.45, 2.75) is 50.9 Å². The van der Waals surface area contributed by atoms with Gasteiger partial charge in [-0.15, -0.1) is 0 Å². The minimum absolute atomic E-state index is 0.0809. The predicted molar refractivity (Wildman–Crippen MR) is 123 cm³/mol. The number of para-hydroxylation sites is 1. The van der Waals surface area contributed by atoms with E-state index in [9.17, 15) is 15.0 Å². The van der Waals surface area contributed by atoms with Gasteiger partial charge < -0.3 is 15.1 Å². The van der Waals surface area contributed by atoms with Crippen LogP contribution in [0.4, 0.5) is 5.69 Å². The van der Waals surface area contributed by atoms with Gasteiger partial charge in [0.2, 0.25) is 0 Å². The van der Waals surface area contributed by atoms with E-state index in [0.717, 1.165) is 24.8 Å². The first-order valence-corrected chi connectivity index (χ1v) is 11.0. The number of aliphatic hydroxyl groups is 2. The molecule has 4 heteroatoms. The normalized spacial score (nSPS) is 18.8. The van der Waals surface area contributed by atoms with Crippen molar-refractivity contribution in [3.63, 3.8) is 0 Å². The summed E-state index contributed by atoms with van der Waals surface area (Å²) in [5, 5.41) is 22.4. The number of rotatable bonds is 8. The zero-order chi connectivity index (χ0) is 21.8. The standard InChI is InChI=1S/C27H29NO3/c1-2-3-9-20-14-16-22(17-15-20)25(29)18-27(31)23-12-7-8-13-24(23)28(26(27)30)19-21-10-5-4-6-11-21/h4-8,10-17,25,29,31H,2-3,9,18-19H2,1H3. The van der Waals surface area contributed by atoms with Crippen LogP contribution in [0.1, 0.15) is 54.5 Å². The third-order valence-corrected chi connectivity index (χ3v) is 6.10. The van der Waals surface area contributed by atoms with Gasteiger partial charge in [-0.25, -0.2) is 0 Å². The predicted octanol–water partition coefficient (Wildman–Crippen LogP) is 4.89. The third-order valence-electron chi connectivity index (χ3n) is 6.10. The van der Waals surface area contributed by atoms with Crippen molar-refractivity contribution in [2.24, 2.45) is 0 Å². The number of carbonyl (C=O) groups is 1. The second-order valence-electron chi connectivity index (χ2n) is 8.32. The summed E-state index contributed by atoms with van der Waals surface area (Å²) >= 11 is 0. The van der Waals surface area contributed by atoms with Gasteiger partial charge in [0.05, 0.1) is 18.3 Å². The number of amides is 1. The molecule has 3 aromatic carbocycles. The van der Waals surface area contributed by atoms with E-state index >= 15 is 0 Å². The summed E-state index contributed by atoms with van der Waals surface area (Å²) < 4.78 is 0. The van der Waals surface area contributed by atoms with Crippen molar-refractivity contribution in [3.05, 3.63) is 101 Å². The SMILES string of the molecule is CCCCc1ccc(C(O)CC2(O)C(=O)N(Cc3ccccc3)c3ccccc32)cc1. The van der Waals surface area contributed by atoms with E-state index in [1.54, 1.807) is 11.0 Å². The minimum Gasteiger partial charge on any atom is -0.388 e. The van der Waals surface area contributed by atoms with E-state index in [2.05, 4.69) is 6.92 Å². The van der Waals surface area contributed by atoms with Crippen LogP contribution in [0.2, 0.25) is 0 Å². The number of unbranched alkanes of at least 4 members (excludes halogenated alkanes) is 1. The molecule has 2 atom stereocenters. The molecule has 0 aliphatic carbocycles. The number of hydrogen-bond donors (Lipinski definition) is 2. The smallest absolute Gasteiger partial charge is 0.264 e. The van der Waals surface area contributed by atoms with Crippen LogP contribution in [0.3, 0.4) is 0 Å². The molecule has 1 heterocycles. The number of aliphatic hydroxyl groups excluding tert-OH is 1. The molecule has 0 saturated carbocycles. The number of hydrogen-bond acceptors (Lipinski definition) is 3. The molecule has 0 bridgehead atoms. The van der Waals surface area contributed by atoms with Crippen molar-refractivity contribution >= 4 is 11.6 Å². The lowest BCUT2D eigenvalue weighted by Crippen LogP contribution is -2.41. The Hall–Kier alpha value is -2.95. The van der Waals surface area contributed by atoms with Gasteiger partial charge in [-0.2, -0.15) is 0 Å².